The molecule has 0 N–H and O–H groups in total. The van der Waals surface area contributed by atoms with Crippen molar-refractivity contribution in [3.8, 4) is 10.6 Å². The molecule has 7 heteroatoms. The molecule has 0 amide bonds. The van der Waals surface area contributed by atoms with Gasteiger partial charge in [-0.05, 0) is 76.3 Å². The summed E-state index contributed by atoms with van der Waals surface area (Å²) in [4.78, 5) is 6.51. The Labute approximate surface area is 168 Å². The summed E-state index contributed by atoms with van der Waals surface area (Å²) in [5.41, 5.74) is 4.75. The van der Waals surface area contributed by atoms with E-state index in [1.807, 2.05) is 18.3 Å². The maximum Gasteiger partial charge on any atom is 0.183 e. The van der Waals surface area contributed by atoms with E-state index in [-0.39, 0.29) is 0 Å². The summed E-state index contributed by atoms with van der Waals surface area (Å²) >= 11 is 3.34. The van der Waals surface area contributed by atoms with E-state index in [0.717, 1.165) is 60.9 Å². The molecule has 0 spiro atoms. The van der Waals surface area contributed by atoms with E-state index in [0.29, 0.717) is 5.92 Å². The van der Waals surface area contributed by atoms with Gasteiger partial charge in [-0.3, -0.25) is 4.90 Å². The molecule has 0 bridgehead atoms. The van der Waals surface area contributed by atoms with Crippen LogP contribution in [0.2, 0.25) is 0 Å². The molecule has 3 aromatic heterocycles. The van der Waals surface area contributed by atoms with Crippen LogP contribution in [0.3, 0.4) is 0 Å². The number of aromatic nitrogens is 3. The van der Waals surface area contributed by atoms with E-state index in [1.165, 1.54) is 32.4 Å². The molecule has 27 heavy (non-hydrogen) atoms. The van der Waals surface area contributed by atoms with Crippen LogP contribution >= 0.6 is 22.9 Å². The van der Waals surface area contributed by atoms with Crippen LogP contribution in [0.1, 0.15) is 58.0 Å². The van der Waals surface area contributed by atoms with E-state index in [9.17, 15) is 0 Å². The van der Waals surface area contributed by atoms with Gasteiger partial charge in [-0.15, -0.1) is 16.4 Å². The maximum atomic E-state index is 5.65. The number of piperidine rings is 1. The molecule has 4 rings (SSSR count). The van der Waals surface area contributed by atoms with Gasteiger partial charge in [0, 0.05) is 27.8 Å². The predicted octanol–water partition coefficient (Wildman–Crippen LogP) is 5.12. The second kappa shape index (κ2) is 7.81. The van der Waals surface area contributed by atoms with Crippen LogP contribution in [0.15, 0.2) is 10.6 Å². The normalized spacial score (nSPS) is 16.3. The molecule has 1 saturated heterocycles. The summed E-state index contributed by atoms with van der Waals surface area (Å²) in [5.74, 6) is 1.34. The number of hydrogen-bond donors (Lipinski definition) is 0. The summed E-state index contributed by atoms with van der Waals surface area (Å²) in [6.07, 6.45) is 3.16. The van der Waals surface area contributed by atoms with Crippen LogP contribution in [0.4, 0.5) is 0 Å². The van der Waals surface area contributed by atoms with Gasteiger partial charge < -0.3 is 4.52 Å². The first-order valence-corrected chi connectivity index (χ1v) is 11.2. The van der Waals surface area contributed by atoms with Crippen LogP contribution in [0.5, 0.6) is 0 Å². The van der Waals surface area contributed by atoms with Gasteiger partial charge in [-0.25, -0.2) is 0 Å². The van der Waals surface area contributed by atoms with Gasteiger partial charge in [-0.1, -0.05) is 16.6 Å². The quantitative estimate of drug-likeness (QED) is 0.593. The minimum Gasteiger partial charge on any atom is -0.355 e. The highest BCUT2D eigenvalue weighted by atomic mass is 32.1. The van der Waals surface area contributed by atoms with E-state index < -0.39 is 0 Å². The maximum absolute atomic E-state index is 5.65. The molecule has 0 unspecified atom stereocenters. The van der Waals surface area contributed by atoms with Crippen molar-refractivity contribution in [3.63, 3.8) is 0 Å². The Balaban J connectivity index is 1.46. The predicted molar refractivity (Wildman–Crippen MR) is 111 cm³/mol. The molecule has 144 valence electrons. The van der Waals surface area contributed by atoms with Gasteiger partial charge in [0.2, 0.25) is 0 Å². The first-order valence-electron chi connectivity index (χ1n) is 9.62. The van der Waals surface area contributed by atoms with Crippen LogP contribution in [-0.2, 0) is 13.0 Å². The number of aryl methyl sites for hydroxylation is 3. The standard InChI is InChI=1S/C20H26N4OS2/c1-5-17-13(3)22-25-19(17)20-18(21-23-27-20)15-6-8-24(9-7-15)11-16-10-12(2)26-14(16)4/h10,15H,5-9,11H2,1-4H3. The minimum absolute atomic E-state index is 0.454. The lowest BCUT2D eigenvalue weighted by atomic mass is 9.91. The van der Waals surface area contributed by atoms with E-state index in [1.54, 1.807) is 0 Å². The van der Waals surface area contributed by atoms with Gasteiger partial charge in [-0.2, -0.15) is 0 Å². The highest BCUT2D eigenvalue weighted by molar-refractivity contribution is 7.12. The molecule has 0 aliphatic carbocycles. The minimum atomic E-state index is 0.454. The fourth-order valence-corrected chi connectivity index (χ4v) is 5.75. The van der Waals surface area contributed by atoms with Crippen LogP contribution in [-0.4, -0.2) is 32.7 Å². The zero-order valence-corrected chi connectivity index (χ0v) is 18.0. The molecular weight excluding hydrogens is 376 g/mol. The Morgan fingerprint density at radius 1 is 1.22 bits per heavy atom. The smallest absolute Gasteiger partial charge is 0.183 e. The van der Waals surface area contributed by atoms with Gasteiger partial charge in [0.15, 0.2) is 5.76 Å². The summed E-state index contributed by atoms with van der Waals surface area (Å²) in [7, 11) is 0. The van der Waals surface area contributed by atoms with Gasteiger partial charge in [0.05, 0.1) is 11.4 Å². The van der Waals surface area contributed by atoms with Crippen LogP contribution < -0.4 is 0 Å². The second-order valence-corrected chi connectivity index (χ2v) is 9.62. The van der Waals surface area contributed by atoms with Crippen molar-refractivity contribution in [2.75, 3.05) is 13.1 Å². The number of nitrogens with zero attached hydrogens (tertiary/aromatic N) is 4. The molecule has 5 nitrogen and oxygen atoms in total. The fourth-order valence-electron chi connectivity index (χ4n) is 4.05. The van der Waals surface area contributed by atoms with Crippen LogP contribution in [0, 0.1) is 20.8 Å². The first-order chi connectivity index (χ1) is 13.1. The number of hydrogen-bond acceptors (Lipinski definition) is 7. The average Bonchev–Trinajstić information content (AvgIpc) is 3.34. The Kier molecular flexibility index (Phi) is 5.43. The molecule has 1 aliphatic rings. The Bertz CT molecular complexity index is 918. The SMILES string of the molecule is CCc1c(C)noc1-c1snnc1C1CCN(Cc2cc(C)sc2C)CC1. The summed E-state index contributed by atoms with van der Waals surface area (Å²) in [6.45, 7) is 11.8. The number of rotatable bonds is 5. The first kappa shape index (κ1) is 18.8. The zero-order valence-electron chi connectivity index (χ0n) is 16.4. The highest BCUT2D eigenvalue weighted by Crippen LogP contribution is 2.38. The van der Waals surface area contributed by atoms with Gasteiger partial charge in [0.1, 0.15) is 4.88 Å². The number of thiophene rings is 1. The Morgan fingerprint density at radius 3 is 2.67 bits per heavy atom. The third-order valence-corrected chi connectivity index (χ3v) is 7.32. The molecular formula is C20H26N4OS2. The molecule has 1 aliphatic heterocycles. The van der Waals surface area contributed by atoms with Crippen molar-refractivity contribution in [3.05, 3.63) is 38.3 Å². The molecule has 3 aromatic rings. The van der Waals surface area contributed by atoms with Crippen molar-refractivity contribution in [2.45, 2.75) is 59.4 Å². The molecule has 0 radical (unpaired) electrons. The van der Waals surface area contributed by atoms with Gasteiger partial charge >= 0.3 is 0 Å². The van der Waals surface area contributed by atoms with Gasteiger partial charge in [0.25, 0.3) is 0 Å². The highest BCUT2D eigenvalue weighted by Gasteiger charge is 2.28. The second-order valence-electron chi connectivity index (χ2n) is 7.41. The van der Waals surface area contributed by atoms with Crippen molar-refractivity contribution < 1.29 is 4.52 Å². The Hall–Kier alpha value is -1.57. The summed E-state index contributed by atoms with van der Waals surface area (Å²) in [6, 6.07) is 2.34. The van der Waals surface area contributed by atoms with E-state index in [4.69, 9.17) is 4.52 Å². The summed E-state index contributed by atoms with van der Waals surface area (Å²) in [5, 5.41) is 8.66. The van der Waals surface area contributed by atoms with E-state index in [2.05, 4.69) is 46.5 Å². The molecule has 0 saturated carbocycles. The largest absolute Gasteiger partial charge is 0.355 e. The lowest BCUT2D eigenvalue weighted by Gasteiger charge is -2.31. The molecule has 4 heterocycles. The van der Waals surface area contributed by atoms with Crippen molar-refractivity contribution in [1.82, 2.24) is 19.6 Å². The summed E-state index contributed by atoms with van der Waals surface area (Å²) < 4.78 is 9.90. The Morgan fingerprint density at radius 2 is 2.00 bits per heavy atom. The van der Waals surface area contributed by atoms with Crippen molar-refractivity contribution >= 4 is 22.9 Å². The lowest BCUT2D eigenvalue weighted by molar-refractivity contribution is 0.203. The molecule has 0 atom stereocenters. The lowest BCUT2D eigenvalue weighted by Crippen LogP contribution is -2.32. The zero-order chi connectivity index (χ0) is 19.0. The van der Waals surface area contributed by atoms with Crippen LogP contribution in [0.25, 0.3) is 10.6 Å². The number of likely N-dealkylation sites (tertiary alicyclic amines) is 1. The molecule has 1 fully saturated rings. The molecule has 0 aromatic carbocycles. The van der Waals surface area contributed by atoms with Crippen molar-refractivity contribution in [2.24, 2.45) is 0 Å². The topological polar surface area (TPSA) is 55.1 Å². The van der Waals surface area contributed by atoms with Crippen molar-refractivity contribution in [1.29, 1.82) is 0 Å². The van der Waals surface area contributed by atoms with E-state index >= 15 is 0 Å². The average molecular weight is 403 g/mol. The third-order valence-electron chi connectivity index (χ3n) is 5.57. The fraction of sp³-hybridized carbons (Fsp3) is 0.550. The monoisotopic (exact) mass is 402 g/mol. The third kappa shape index (κ3) is 3.73.